The molecule has 6 N–H and O–H groups in total. The highest BCUT2D eigenvalue weighted by atomic mass is 32.1. The first kappa shape index (κ1) is 12.6. The van der Waals surface area contributed by atoms with Crippen molar-refractivity contribution in [1.82, 2.24) is 10.6 Å². The number of thiocarbonyl (C=S) groups is 1. The number of aliphatic hydroxyl groups excluding tert-OH is 4. The van der Waals surface area contributed by atoms with Gasteiger partial charge in [0.2, 0.25) is 5.60 Å². The topological polar surface area (TPSA) is 131 Å². The lowest BCUT2D eigenvalue weighted by Gasteiger charge is -2.39. The zero-order valence-electron chi connectivity index (χ0n) is 8.53. The normalized spacial score (nSPS) is 45.9. The lowest BCUT2D eigenvalue weighted by atomic mass is 9.90. The number of hydrogen-bond donors (Lipinski definition) is 6. The van der Waals surface area contributed by atoms with E-state index in [4.69, 9.17) is 9.84 Å². The summed E-state index contributed by atoms with van der Waals surface area (Å²) in [7, 11) is 0. The predicted octanol–water partition coefficient (Wildman–Crippen LogP) is -3.84. The van der Waals surface area contributed by atoms with E-state index in [0.29, 0.717) is 0 Å². The average Bonchev–Trinajstić information content (AvgIpc) is 2.51. The van der Waals surface area contributed by atoms with Gasteiger partial charge in [0.1, 0.15) is 18.3 Å². The van der Waals surface area contributed by atoms with Gasteiger partial charge in [-0.05, 0) is 12.2 Å². The summed E-state index contributed by atoms with van der Waals surface area (Å²) in [5.74, 6) is -0.865. The zero-order chi connectivity index (χ0) is 12.8. The molecule has 2 aliphatic rings. The van der Waals surface area contributed by atoms with E-state index in [0.717, 1.165) is 0 Å². The van der Waals surface area contributed by atoms with Gasteiger partial charge < -0.3 is 35.8 Å². The van der Waals surface area contributed by atoms with Gasteiger partial charge >= 0.3 is 0 Å². The SMILES string of the molecule is O=C1NC(=S)NC(O)[C@@]12OC(CO)C(O)C2O. The van der Waals surface area contributed by atoms with Crippen LogP contribution in [0.25, 0.3) is 0 Å². The Kier molecular flexibility index (Phi) is 3.06. The minimum absolute atomic E-state index is 0.106. The van der Waals surface area contributed by atoms with Crippen LogP contribution < -0.4 is 10.6 Å². The smallest absolute Gasteiger partial charge is 0.266 e. The Morgan fingerprint density at radius 2 is 2.06 bits per heavy atom. The third kappa shape index (κ3) is 1.63. The summed E-state index contributed by atoms with van der Waals surface area (Å²) in [6.07, 6.45) is -5.91. The van der Waals surface area contributed by atoms with Gasteiger partial charge in [-0.2, -0.15) is 0 Å². The molecular formula is C8H12N2O6S. The molecule has 0 aliphatic carbocycles. The van der Waals surface area contributed by atoms with Crippen LogP contribution in [0.1, 0.15) is 0 Å². The molecule has 5 atom stereocenters. The number of carbonyl (C=O) groups excluding carboxylic acids is 1. The van der Waals surface area contributed by atoms with Crippen molar-refractivity contribution in [2.24, 2.45) is 0 Å². The van der Waals surface area contributed by atoms with E-state index < -0.39 is 42.7 Å². The fourth-order valence-corrected chi connectivity index (χ4v) is 2.20. The fourth-order valence-electron chi connectivity index (χ4n) is 2.00. The van der Waals surface area contributed by atoms with E-state index in [1.165, 1.54) is 0 Å². The summed E-state index contributed by atoms with van der Waals surface area (Å²) < 4.78 is 5.10. The van der Waals surface area contributed by atoms with E-state index >= 15 is 0 Å². The van der Waals surface area contributed by atoms with E-state index in [-0.39, 0.29) is 5.11 Å². The molecule has 0 saturated carbocycles. The first-order valence-electron chi connectivity index (χ1n) is 4.88. The maximum atomic E-state index is 11.8. The number of rotatable bonds is 1. The third-order valence-corrected chi connectivity index (χ3v) is 3.15. The van der Waals surface area contributed by atoms with E-state index in [1.807, 2.05) is 0 Å². The highest BCUT2D eigenvalue weighted by molar-refractivity contribution is 7.80. The van der Waals surface area contributed by atoms with Crippen molar-refractivity contribution < 1.29 is 30.0 Å². The van der Waals surface area contributed by atoms with Crippen LogP contribution in [0.3, 0.4) is 0 Å². The number of ether oxygens (including phenoxy) is 1. The molecule has 0 radical (unpaired) electrons. The van der Waals surface area contributed by atoms with E-state index in [2.05, 4.69) is 22.9 Å². The van der Waals surface area contributed by atoms with Crippen molar-refractivity contribution >= 4 is 23.2 Å². The monoisotopic (exact) mass is 264 g/mol. The van der Waals surface area contributed by atoms with Crippen LogP contribution in [0, 0.1) is 0 Å². The van der Waals surface area contributed by atoms with Crippen LogP contribution in [0.15, 0.2) is 0 Å². The molecule has 4 unspecified atom stereocenters. The molecule has 1 amide bonds. The van der Waals surface area contributed by atoms with Crippen LogP contribution >= 0.6 is 12.2 Å². The van der Waals surface area contributed by atoms with Crippen LogP contribution in [0.2, 0.25) is 0 Å². The maximum Gasteiger partial charge on any atom is 0.266 e. The van der Waals surface area contributed by atoms with Gasteiger partial charge in [-0.25, -0.2) is 0 Å². The Hall–Kier alpha value is -0.840. The van der Waals surface area contributed by atoms with Crippen LogP contribution in [-0.2, 0) is 9.53 Å². The fraction of sp³-hybridized carbons (Fsp3) is 0.750. The standard InChI is InChI=1S/C8H12N2O6S/c11-1-2-3(12)4(13)8(16-2)5(14)9-7(17)10-6(8)15/h2-5,11-14H,1H2,(H2,9,10,15,17)/t2?,3?,4?,5?,8-/m1/s1. The molecule has 1 spiro atoms. The van der Waals surface area contributed by atoms with Crippen LogP contribution in [-0.4, -0.2) is 68.2 Å². The number of aliphatic hydroxyl groups is 4. The number of nitrogens with one attached hydrogen (secondary N) is 2. The second-order valence-corrected chi connectivity index (χ2v) is 4.31. The first-order chi connectivity index (χ1) is 7.93. The molecule has 0 aromatic heterocycles. The van der Waals surface area contributed by atoms with Crippen molar-refractivity contribution in [2.75, 3.05) is 6.61 Å². The van der Waals surface area contributed by atoms with Crippen molar-refractivity contribution in [3.05, 3.63) is 0 Å². The molecule has 2 rings (SSSR count). The molecule has 9 heteroatoms. The van der Waals surface area contributed by atoms with E-state index in [9.17, 15) is 20.1 Å². The summed E-state index contributed by atoms with van der Waals surface area (Å²) in [6, 6.07) is 0. The molecule has 0 aromatic carbocycles. The van der Waals surface area contributed by atoms with Crippen LogP contribution in [0.4, 0.5) is 0 Å². The number of carbonyl (C=O) groups is 1. The molecular weight excluding hydrogens is 252 g/mol. The second-order valence-electron chi connectivity index (χ2n) is 3.90. The van der Waals surface area contributed by atoms with Crippen molar-refractivity contribution in [1.29, 1.82) is 0 Å². The lowest BCUT2D eigenvalue weighted by Crippen LogP contribution is -2.73. The van der Waals surface area contributed by atoms with Crippen molar-refractivity contribution in [3.8, 4) is 0 Å². The second kappa shape index (κ2) is 4.12. The number of amides is 1. The molecule has 0 aromatic rings. The van der Waals surface area contributed by atoms with Crippen LogP contribution in [0.5, 0.6) is 0 Å². The average molecular weight is 264 g/mol. The third-order valence-electron chi connectivity index (χ3n) is 2.93. The molecule has 2 heterocycles. The van der Waals surface area contributed by atoms with Gasteiger partial charge in [0.25, 0.3) is 5.91 Å². The Labute approximate surface area is 101 Å². The molecule has 8 nitrogen and oxygen atoms in total. The summed E-state index contributed by atoms with van der Waals surface area (Å²) in [4.78, 5) is 11.8. The summed E-state index contributed by atoms with van der Waals surface area (Å²) in [6.45, 7) is -0.593. The van der Waals surface area contributed by atoms with Gasteiger partial charge in [-0.1, -0.05) is 0 Å². The summed E-state index contributed by atoms with van der Waals surface area (Å²) >= 11 is 4.65. The van der Waals surface area contributed by atoms with E-state index in [1.54, 1.807) is 0 Å². The highest BCUT2D eigenvalue weighted by Crippen LogP contribution is 2.35. The molecule has 96 valence electrons. The summed E-state index contributed by atoms with van der Waals surface area (Å²) in [5, 5.41) is 42.5. The first-order valence-corrected chi connectivity index (χ1v) is 5.29. The van der Waals surface area contributed by atoms with Crippen molar-refractivity contribution in [3.63, 3.8) is 0 Å². The number of hydrogen-bond acceptors (Lipinski definition) is 7. The Bertz CT molecular complexity index is 366. The Balaban J connectivity index is 2.35. The molecule has 2 fully saturated rings. The Morgan fingerprint density at radius 1 is 1.41 bits per heavy atom. The van der Waals surface area contributed by atoms with Crippen molar-refractivity contribution in [2.45, 2.75) is 30.1 Å². The molecule has 17 heavy (non-hydrogen) atoms. The summed E-state index contributed by atoms with van der Waals surface area (Å²) in [5.41, 5.74) is -2.07. The lowest BCUT2D eigenvalue weighted by molar-refractivity contribution is -0.182. The minimum Gasteiger partial charge on any atom is -0.394 e. The molecule has 2 aliphatic heterocycles. The predicted molar refractivity (Wildman–Crippen MR) is 56.6 cm³/mol. The highest BCUT2D eigenvalue weighted by Gasteiger charge is 2.64. The maximum absolute atomic E-state index is 11.8. The van der Waals surface area contributed by atoms with Gasteiger partial charge in [0.15, 0.2) is 11.3 Å². The van der Waals surface area contributed by atoms with Gasteiger partial charge in [0.05, 0.1) is 6.61 Å². The largest absolute Gasteiger partial charge is 0.394 e. The minimum atomic E-state index is -2.07. The molecule has 2 saturated heterocycles. The van der Waals surface area contributed by atoms with Gasteiger partial charge in [0, 0.05) is 0 Å². The van der Waals surface area contributed by atoms with Gasteiger partial charge in [-0.3, -0.25) is 4.79 Å². The van der Waals surface area contributed by atoms with Gasteiger partial charge in [-0.15, -0.1) is 0 Å². The Morgan fingerprint density at radius 3 is 2.53 bits per heavy atom. The molecule has 0 bridgehead atoms. The quantitative estimate of drug-likeness (QED) is 0.265. The zero-order valence-corrected chi connectivity index (χ0v) is 9.35.